The van der Waals surface area contributed by atoms with E-state index >= 15 is 0 Å². The van der Waals surface area contributed by atoms with Gasteiger partial charge in [-0.1, -0.05) is 13.8 Å². The number of nitrogens with two attached hydrogens (primary N) is 1. The van der Waals surface area contributed by atoms with Crippen LogP contribution in [0.15, 0.2) is 0 Å². The Morgan fingerprint density at radius 3 is 2.50 bits per heavy atom. The maximum Gasteiger partial charge on any atom is 0.153 e. The Morgan fingerprint density at radius 1 is 1.36 bits per heavy atom. The predicted molar refractivity (Wildman–Crippen MR) is 58.8 cm³/mol. The van der Waals surface area contributed by atoms with E-state index in [1.807, 2.05) is 0 Å². The summed E-state index contributed by atoms with van der Waals surface area (Å²) in [5.74, 6) is 1.07. The van der Waals surface area contributed by atoms with Crippen LogP contribution in [0.1, 0.15) is 33.1 Å². The minimum atomic E-state index is -2.89. The van der Waals surface area contributed by atoms with Crippen LogP contribution in [0.4, 0.5) is 0 Å². The van der Waals surface area contributed by atoms with E-state index in [1.54, 1.807) is 6.92 Å². The molecule has 0 aromatic carbocycles. The molecule has 3 nitrogen and oxygen atoms in total. The molecule has 2 N–H and O–H groups in total. The molecule has 0 aliphatic heterocycles. The maximum absolute atomic E-state index is 11.8. The highest BCUT2D eigenvalue weighted by atomic mass is 32.2. The maximum atomic E-state index is 11.8. The third-order valence-electron chi connectivity index (χ3n) is 3.34. The summed E-state index contributed by atoms with van der Waals surface area (Å²) in [7, 11) is -2.89. The molecule has 0 heterocycles. The zero-order chi connectivity index (χ0) is 10.8. The van der Waals surface area contributed by atoms with E-state index in [2.05, 4.69) is 6.92 Å². The highest BCUT2D eigenvalue weighted by molar-refractivity contribution is 7.92. The molecule has 0 bridgehead atoms. The van der Waals surface area contributed by atoms with Gasteiger partial charge in [0, 0.05) is 5.75 Å². The van der Waals surface area contributed by atoms with Gasteiger partial charge in [-0.15, -0.1) is 0 Å². The average molecular weight is 219 g/mol. The molecule has 1 saturated carbocycles. The minimum absolute atomic E-state index is 0.173. The number of sulfone groups is 1. The Bertz CT molecular complexity index is 274. The van der Waals surface area contributed by atoms with E-state index < -0.39 is 9.84 Å². The summed E-state index contributed by atoms with van der Waals surface area (Å²) in [4.78, 5) is 0. The van der Waals surface area contributed by atoms with Crippen molar-refractivity contribution in [3.8, 4) is 0 Å². The van der Waals surface area contributed by atoms with Gasteiger partial charge < -0.3 is 5.73 Å². The molecule has 1 fully saturated rings. The largest absolute Gasteiger partial charge is 0.330 e. The van der Waals surface area contributed by atoms with Crippen molar-refractivity contribution in [3.63, 3.8) is 0 Å². The third kappa shape index (κ3) is 2.48. The van der Waals surface area contributed by atoms with E-state index in [9.17, 15) is 8.42 Å². The average Bonchev–Trinajstić information content (AvgIpc) is 2.17. The number of rotatable bonds is 3. The van der Waals surface area contributed by atoms with Gasteiger partial charge in [0.15, 0.2) is 9.84 Å². The van der Waals surface area contributed by atoms with Crippen molar-refractivity contribution in [1.29, 1.82) is 0 Å². The molecular formula is C10H21NO2S. The van der Waals surface area contributed by atoms with Gasteiger partial charge in [-0.2, -0.15) is 0 Å². The van der Waals surface area contributed by atoms with Gasteiger partial charge >= 0.3 is 0 Å². The van der Waals surface area contributed by atoms with Crippen molar-refractivity contribution < 1.29 is 8.42 Å². The van der Waals surface area contributed by atoms with Crippen LogP contribution in [-0.4, -0.2) is 26.0 Å². The summed E-state index contributed by atoms with van der Waals surface area (Å²) in [6.07, 6.45) is 2.81. The molecule has 0 spiro atoms. The topological polar surface area (TPSA) is 60.2 Å². The van der Waals surface area contributed by atoms with E-state index in [0.717, 1.165) is 19.3 Å². The fourth-order valence-electron chi connectivity index (χ4n) is 2.41. The van der Waals surface area contributed by atoms with Crippen molar-refractivity contribution >= 4 is 9.84 Å². The Hall–Kier alpha value is -0.0900. The second-order valence-electron chi connectivity index (χ2n) is 4.40. The molecule has 14 heavy (non-hydrogen) atoms. The summed E-state index contributed by atoms with van der Waals surface area (Å²) in [6, 6.07) is 0. The second kappa shape index (κ2) is 4.62. The van der Waals surface area contributed by atoms with Gasteiger partial charge in [-0.3, -0.25) is 0 Å². The van der Waals surface area contributed by atoms with Crippen LogP contribution in [0, 0.1) is 11.8 Å². The monoisotopic (exact) mass is 219 g/mol. The van der Waals surface area contributed by atoms with Crippen LogP contribution >= 0.6 is 0 Å². The summed E-state index contributed by atoms with van der Waals surface area (Å²) in [6.45, 7) is 4.41. The first-order valence-electron chi connectivity index (χ1n) is 5.42. The fourth-order valence-corrected chi connectivity index (χ4v) is 4.14. The van der Waals surface area contributed by atoms with Crippen LogP contribution in [0.5, 0.6) is 0 Å². The van der Waals surface area contributed by atoms with Gasteiger partial charge in [0.2, 0.25) is 0 Å². The van der Waals surface area contributed by atoms with Crippen molar-refractivity contribution in [2.24, 2.45) is 17.6 Å². The van der Waals surface area contributed by atoms with Crippen molar-refractivity contribution in [1.82, 2.24) is 0 Å². The second-order valence-corrected chi connectivity index (χ2v) is 6.91. The van der Waals surface area contributed by atoms with Gasteiger partial charge in [0.05, 0.1) is 5.25 Å². The number of hydrogen-bond donors (Lipinski definition) is 1. The molecule has 3 unspecified atom stereocenters. The lowest BCUT2D eigenvalue weighted by molar-refractivity contribution is 0.290. The minimum Gasteiger partial charge on any atom is -0.330 e. The molecule has 1 aliphatic carbocycles. The first-order valence-corrected chi connectivity index (χ1v) is 7.14. The summed E-state index contributed by atoms with van der Waals surface area (Å²) in [5.41, 5.74) is 5.64. The lowest BCUT2D eigenvalue weighted by Crippen LogP contribution is -2.39. The smallest absolute Gasteiger partial charge is 0.153 e. The lowest BCUT2D eigenvalue weighted by atomic mass is 9.82. The molecule has 0 amide bonds. The van der Waals surface area contributed by atoms with Gasteiger partial charge in [-0.05, 0) is 37.6 Å². The Kier molecular flexibility index (Phi) is 3.95. The van der Waals surface area contributed by atoms with E-state index in [-0.39, 0.29) is 16.9 Å². The van der Waals surface area contributed by atoms with Crippen LogP contribution in [0.3, 0.4) is 0 Å². The Labute approximate surface area is 87.0 Å². The first-order chi connectivity index (χ1) is 6.51. The van der Waals surface area contributed by atoms with E-state index in [0.29, 0.717) is 12.5 Å². The van der Waals surface area contributed by atoms with Crippen LogP contribution in [-0.2, 0) is 9.84 Å². The third-order valence-corrected chi connectivity index (χ3v) is 5.69. The normalized spacial score (nSPS) is 34.4. The standard InChI is InChI=1S/C10H21NO2S/c1-3-14(12,13)10-5-4-8(2)6-9(10)7-11/h8-10H,3-7,11H2,1-2H3. The molecule has 84 valence electrons. The van der Waals surface area contributed by atoms with Gasteiger partial charge in [-0.25, -0.2) is 8.42 Å². The van der Waals surface area contributed by atoms with Crippen molar-refractivity contribution in [3.05, 3.63) is 0 Å². The van der Waals surface area contributed by atoms with Crippen LogP contribution < -0.4 is 5.73 Å². The van der Waals surface area contributed by atoms with E-state index in [4.69, 9.17) is 5.73 Å². The molecule has 1 aliphatic rings. The highest BCUT2D eigenvalue weighted by Crippen LogP contribution is 2.32. The van der Waals surface area contributed by atoms with Crippen LogP contribution in [0.25, 0.3) is 0 Å². The number of hydrogen-bond acceptors (Lipinski definition) is 3. The summed E-state index contributed by atoms with van der Waals surface area (Å²) in [5, 5.41) is -0.173. The molecule has 0 radical (unpaired) electrons. The molecule has 0 aromatic rings. The zero-order valence-corrected chi connectivity index (χ0v) is 9.89. The fraction of sp³-hybridized carbons (Fsp3) is 1.00. The predicted octanol–water partition coefficient (Wildman–Crippen LogP) is 1.18. The van der Waals surface area contributed by atoms with Gasteiger partial charge in [0.1, 0.15) is 0 Å². The summed E-state index contributed by atoms with van der Waals surface area (Å²) >= 11 is 0. The molecular weight excluding hydrogens is 198 g/mol. The molecule has 3 atom stereocenters. The van der Waals surface area contributed by atoms with Crippen molar-refractivity contribution in [2.75, 3.05) is 12.3 Å². The Morgan fingerprint density at radius 2 is 2.00 bits per heavy atom. The molecule has 4 heteroatoms. The molecule has 0 aromatic heterocycles. The molecule has 0 saturated heterocycles. The lowest BCUT2D eigenvalue weighted by Gasteiger charge is -2.33. The Balaban J connectivity index is 2.78. The van der Waals surface area contributed by atoms with Crippen molar-refractivity contribution in [2.45, 2.75) is 38.4 Å². The quantitative estimate of drug-likeness (QED) is 0.775. The first kappa shape index (κ1) is 12.0. The van der Waals surface area contributed by atoms with Gasteiger partial charge in [0.25, 0.3) is 0 Å². The summed E-state index contributed by atoms with van der Waals surface area (Å²) < 4.78 is 23.5. The highest BCUT2D eigenvalue weighted by Gasteiger charge is 2.35. The van der Waals surface area contributed by atoms with Crippen LogP contribution in [0.2, 0.25) is 0 Å². The van der Waals surface area contributed by atoms with E-state index in [1.165, 1.54) is 0 Å². The zero-order valence-electron chi connectivity index (χ0n) is 9.07. The SMILES string of the molecule is CCS(=O)(=O)C1CCC(C)CC1CN. The molecule has 1 rings (SSSR count).